The SMILES string of the molecule is O=C(NNC(=O)c1cnn2c(-c3ccccc3)ccnc12)c1cccc([N+](=O)[O-])c1. The number of aromatic nitrogens is 3. The molecule has 148 valence electrons. The molecule has 0 bridgehead atoms. The van der Waals surface area contributed by atoms with Gasteiger partial charge in [-0.2, -0.15) is 5.10 Å². The highest BCUT2D eigenvalue weighted by Gasteiger charge is 2.18. The first-order chi connectivity index (χ1) is 14.5. The van der Waals surface area contributed by atoms with E-state index >= 15 is 0 Å². The molecule has 0 spiro atoms. The minimum atomic E-state index is -0.693. The van der Waals surface area contributed by atoms with Gasteiger partial charge in [-0.05, 0) is 12.1 Å². The lowest BCUT2D eigenvalue weighted by molar-refractivity contribution is -0.384. The van der Waals surface area contributed by atoms with Crippen molar-refractivity contribution >= 4 is 23.1 Å². The average Bonchev–Trinajstić information content (AvgIpc) is 3.22. The molecule has 0 saturated carbocycles. The monoisotopic (exact) mass is 402 g/mol. The average molecular weight is 402 g/mol. The van der Waals surface area contributed by atoms with E-state index in [9.17, 15) is 19.7 Å². The number of nitro groups is 1. The van der Waals surface area contributed by atoms with Gasteiger partial charge in [0.1, 0.15) is 5.56 Å². The van der Waals surface area contributed by atoms with E-state index in [2.05, 4.69) is 20.9 Å². The van der Waals surface area contributed by atoms with Crippen molar-refractivity contribution in [2.45, 2.75) is 0 Å². The molecular formula is C20H14N6O4. The summed E-state index contributed by atoms with van der Waals surface area (Å²) in [5.74, 6) is -1.32. The molecule has 0 fully saturated rings. The van der Waals surface area contributed by atoms with Crippen molar-refractivity contribution in [3.05, 3.63) is 94.3 Å². The summed E-state index contributed by atoms with van der Waals surface area (Å²) in [5.41, 5.74) is 6.46. The number of hydrazine groups is 1. The number of nitrogens with one attached hydrogen (secondary N) is 2. The fraction of sp³-hybridized carbons (Fsp3) is 0. The zero-order chi connectivity index (χ0) is 21.1. The summed E-state index contributed by atoms with van der Waals surface area (Å²) in [6.07, 6.45) is 2.92. The van der Waals surface area contributed by atoms with Crippen LogP contribution in [-0.4, -0.2) is 31.3 Å². The zero-order valence-electron chi connectivity index (χ0n) is 15.4. The first-order valence-corrected chi connectivity index (χ1v) is 8.78. The van der Waals surface area contributed by atoms with Crippen molar-refractivity contribution in [3.63, 3.8) is 0 Å². The Morgan fingerprint density at radius 1 is 0.967 bits per heavy atom. The Morgan fingerprint density at radius 2 is 1.73 bits per heavy atom. The van der Waals surface area contributed by atoms with Gasteiger partial charge >= 0.3 is 0 Å². The molecule has 0 unspecified atom stereocenters. The van der Waals surface area contributed by atoms with E-state index in [1.54, 1.807) is 12.3 Å². The number of nitrogens with zero attached hydrogens (tertiary/aromatic N) is 4. The van der Waals surface area contributed by atoms with Crippen LogP contribution < -0.4 is 10.9 Å². The molecule has 0 radical (unpaired) electrons. The summed E-state index contributed by atoms with van der Waals surface area (Å²) >= 11 is 0. The summed E-state index contributed by atoms with van der Waals surface area (Å²) in [6.45, 7) is 0. The molecule has 2 aromatic carbocycles. The van der Waals surface area contributed by atoms with Crippen LogP contribution in [0, 0.1) is 10.1 Å². The third-order valence-corrected chi connectivity index (χ3v) is 4.32. The van der Waals surface area contributed by atoms with Crippen LogP contribution in [0.3, 0.4) is 0 Å². The molecule has 0 atom stereocenters. The summed E-state index contributed by atoms with van der Waals surface area (Å²) in [4.78, 5) is 39.2. The number of amides is 2. The number of carbonyl (C=O) groups is 2. The molecule has 2 N–H and O–H groups in total. The highest BCUT2D eigenvalue weighted by Crippen LogP contribution is 2.20. The number of carbonyl (C=O) groups excluding carboxylic acids is 2. The van der Waals surface area contributed by atoms with Crippen molar-refractivity contribution in [3.8, 4) is 11.3 Å². The minimum absolute atomic E-state index is 0.0360. The van der Waals surface area contributed by atoms with E-state index in [1.807, 2.05) is 30.3 Å². The Kier molecular flexibility index (Phi) is 4.87. The topological polar surface area (TPSA) is 132 Å². The molecule has 2 amide bonds. The van der Waals surface area contributed by atoms with E-state index in [-0.39, 0.29) is 16.8 Å². The van der Waals surface area contributed by atoms with Crippen LogP contribution in [0.2, 0.25) is 0 Å². The van der Waals surface area contributed by atoms with E-state index in [4.69, 9.17) is 0 Å². The smallest absolute Gasteiger partial charge is 0.267 e. The zero-order valence-corrected chi connectivity index (χ0v) is 15.4. The second kappa shape index (κ2) is 7.80. The van der Waals surface area contributed by atoms with Gasteiger partial charge in [0.05, 0.1) is 16.8 Å². The maximum Gasteiger partial charge on any atom is 0.275 e. The first-order valence-electron chi connectivity index (χ1n) is 8.78. The van der Waals surface area contributed by atoms with Crippen LogP contribution in [0.1, 0.15) is 20.7 Å². The van der Waals surface area contributed by atoms with Crippen molar-refractivity contribution in [2.75, 3.05) is 0 Å². The largest absolute Gasteiger partial charge is 0.275 e. The van der Waals surface area contributed by atoms with Crippen molar-refractivity contribution in [1.29, 1.82) is 0 Å². The highest BCUT2D eigenvalue weighted by molar-refractivity contribution is 6.02. The van der Waals surface area contributed by atoms with Gasteiger partial charge in [0.25, 0.3) is 17.5 Å². The maximum atomic E-state index is 12.6. The Hall–Kier alpha value is -4.60. The van der Waals surface area contributed by atoms with Crippen molar-refractivity contribution < 1.29 is 14.5 Å². The normalized spacial score (nSPS) is 10.5. The molecule has 4 aromatic rings. The van der Waals surface area contributed by atoms with Crippen molar-refractivity contribution in [2.24, 2.45) is 0 Å². The fourth-order valence-electron chi connectivity index (χ4n) is 2.89. The van der Waals surface area contributed by atoms with Gasteiger partial charge in [-0.3, -0.25) is 30.6 Å². The number of benzene rings is 2. The molecule has 0 aliphatic carbocycles. The Labute approximate surface area is 169 Å². The Balaban J connectivity index is 1.54. The summed E-state index contributed by atoms with van der Waals surface area (Å²) in [6, 6.07) is 16.5. The second-order valence-corrected chi connectivity index (χ2v) is 6.21. The molecule has 10 heteroatoms. The van der Waals surface area contributed by atoms with Crippen molar-refractivity contribution in [1.82, 2.24) is 25.4 Å². The Morgan fingerprint density at radius 3 is 2.50 bits per heavy atom. The maximum absolute atomic E-state index is 12.6. The number of nitro benzene ring substituents is 1. The van der Waals surface area contributed by atoms with Gasteiger partial charge < -0.3 is 0 Å². The molecular weight excluding hydrogens is 388 g/mol. The Bertz CT molecular complexity index is 1270. The molecule has 0 aliphatic rings. The van der Waals surface area contributed by atoms with E-state index in [0.29, 0.717) is 5.65 Å². The van der Waals surface area contributed by atoms with Crippen LogP contribution in [0.25, 0.3) is 16.9 Å². The van der Waals surface area contributed by atoms with Gasteiger partial charge in [-0.15, -0.1) is 0 Å². The predicted molar refractivity (Wildman–Crippen MR) is 106 cm³/mol. The first kappa shape index (κ1) is 18.7. The number of rotatable bonds is 4. The van der Waals surface area contributed by atoms with Gasteiger partial charge in [-0.1, -0.05) is 36.4 Å². The molecule has 10 nitrogen and oxygen atoms in total. The summed E-state index contributed by atoms with van der Waals surface area (Å²) < 4.78 is 1.53. The van der Waals surface area contributed by atoms with E-state index in [0.717, 1.165) is 17.3 Å². The third kappa shape index (κ3) is 3.56. The lowest BCUT2D eigenvalue weighted by Gasteiger charge is -2.07. The van der Waals surface area contributed by atoms with Gasteiger partial charge in [-0.25, -0.2) is 9.50 Å². The third-order valence-electron chi connectivity index (χ3n) is 4.32. The lowest BCUT2D eigenvalue weighted by atomic mass is 10.1. The van der Waals surface area contributed by atoms with Gasteiger partial charge in [0.2, 0.25) is 0 Å². The van der Waals surface area contributed by atoms with Gasteiger partial charge in [0, 0.05) is 29.5 Å². The predicted octanol–water partition coefficient (Wildman–Crippen LogP) is 2.38. The number of fused-ring (bicyclic) bond motifs is 1. The van der Waals surface area contributed by atoms with Crippen LogP contribution in [0.5, 0.6) is 0 Å². The quantitative estimate of drug-likeness (QED) is 0.398. The minimum Gasteiger partial charge on any atom is -0.267 e. The number of hydrogen-bond donors (Lipinski definition) is 2. The van der Waals surface area contributed by atoms with Crippen LogP contribution in [-0.2, 0) is 0 Å². The fourth-order valence-corrected chi connectivity index (χ4v) is 2.89. The van der Waals surface area contributed by atoms with Crippen LogP contribution in [0.15, 0.2) is 73.1 Å². The molecule has 0 saturated heterocycles. The number of non-ortho nitro benzene ring substituents is 1. The van der Waals surface area contributed by atoms with Gasteiger partial charge in [0.15, 0.2) is 5.65 Å². The summed E-state index contributed by atoms with van der Waals surface area (Å²) in [5, 5.41) is 15.1. The molecule has 2 heterocycles. The standard InChI is InChI=1S/C20H14N6O4/c27-19(14-7-4-8-15(11-14)26(29)30)23-24-20(28)16-12-22-25-17(9-10-21-18(16)25)13-5-2-1-3-6-13/h1-12H,(H,23,27)(H,24,28). The summed E-state index contributed by atoms with van der Waals surface area (Å²) in [7, 11) is 0. The van der Waals surface area contributed by atoms with E-state index in [1.165, 1.54) is 28.9 Å². The van der Waals surface area contributed by atoms with Crippen LogP contribution >= 0.6 is 0 Å². The molecule has 2 aromatic heterocycles. The lowest BCUT2D eigenvalue weighted by Crippen LogP contribution is -2.41. The van der Waals surface area contributed by atoms with E-state index < -0.39 is 16.7 Å². The number of hydrogen-bond acceptors (Lipinski definition) is 6. The highest BCUT2D eigenvalue weighted by atomic mass is 16.6. The van der Waals surface area contributed by atoms with Crippen LogP contribution in [0.4, 0.5) is 5.69 Å². The molecule has 30 heavy (non-hydrogen) atoms. The molecule has 0 aliphatic heterocycles. The molecule has 4 rings (SSSR count). The second-order valence-electron chi connectivity index (χ2n) is 6.21.